The number of rotatable bonds is 5. The van der Waals surface area contributed by atoms with Crippen LogP contribution in [0.4, 0.5) is 0 Å². The van der Waals surface area contributed by atoms with Crippen molar-refractivity contribution in [1.82, 2.24) is 9.97 Å². The first-order valence-corrected chi connectivity index (χ1v) is 26.8. The van der Waals surface area contributed by atoms with Crippen LogP contribution in [0, 0.1) is 35.8 Å². The van der Waals surface area contributed by atoms with Crippen molar-refractivity contribution in [1.29, 1.82) is 0 Å². The van der Waals surface area contributed by atoms with E-state index in [0.29, 0.717) is 11.8 Å². The Bertz CT molecular complexity index is 3240. The molecular formula is C60H52N2S2. The number of benzene rings is 5. The molecule has 3 heterocycles. The first-order valence-electron chi connectivity index (χ1n) is 23.6. The van der Waals surface area contributed by atoms with Gasteiger partial charge in [-0.2, -0.15) is 10.0 Å². The van der Waals surface area contributed by atoms with Crippen molar-refractivity contribution in [2.24, 2.45) is 23.7 Å². The number of hydrogen-bond donors (Lipinski definition) is 0. The van der Waals surface area contributed by atoms with Crippen LogP contribution in [-0.4, -0.2) is 22.5 Å². The average Bonchev–Trinajstić information content (AvgIpc) is 3.94. The van der Waals surface area contributed by atoms with Gasteiger partial charge in [-0.25, -0.2) is 9.97 Å². The summed E-state index contributed by atoms with van der Waals surface area (Å²) >= 11 is 1.86. The summed E-state index contributed by atoms with van der Waals surface area (Å²) in [6.45, 7) is 5.02. The van der Waals surface area contributed by atoms with E-state index in [1.165, 1.54) is 118 Å². The van der Waals surface area contributed by atoms with Crippen LogP contribution in [0.1, 0.15) is 73.9 Å². The second-order valence-corrected chi connectivity index (χ2v) is 24.4. The number of fused-ring (bicyclic) bond motifs is 14. The molecule has 4 aliphatic carbocycles. The van der Waals surface area contributed by atoms with Crippen LogP contribution in [-0.2, 0) is 11.8 Å². The van der Waals surface area contributed by atoms with Gasteiger partial charge in [0.2, 0.25) is 0 Å². The highest BCUT2D eigenvalue weighted by molar-refractivity contribution is 8.33. The van der Waals surface area contributed by atoms with E-state index in [4.69, 9.17) is 9.97 Å². The Balaban J connectivity index is 1.12. The Kier molecular flexibility index (Phi) is 8.70. The molecule has 314 valence electrons. The third-order valence-electron chi connectivity index (χ3n) is 16.3. The SMILES string of the molecule is CCC1CC2CC(C)C3(c4ccccc4-c4c3ccc(-c3ccc5c(c3)-c3c#cccc3S5(C)C)c4-c3nc(-c4cccc(-c5ccccc5)c4)c4sc5c(c4n3)CCC=C5)C(C1)C2. The molecule has 2 aromatic heterocycles. The average molecular weight is 865 g/mol. The maximum Gasteiger partial charge on any atom is 0.161 e. The van der Waals surface area contributed by atoms with E-state index >= 15 is 0 Å². The molecule has 6 aromatic carbocycles. The Hall–Kier alpha value is -5.73. The van der Waals surface area contributed by atoms with Crippen LogP contribution in [0.5, 0.6) is 0 Å². The molecule has 8 aromatic rings. The van der Waals surface area contributed by atoms with E-state index in [1.807, 2.05) is 17.4 Å². The molecular weight excluding hydrogens is 813 g/mol. The summed E-state index contributed by atoms with van der Waals surface area (Å²) in [7, 11) is -1.18. The summed E-state index contributed by atoms with van der Waals surface area (Å²) in [6, 6.07) is 52.8. The van der Waals surface area contributed by atoms with Gasteiger partial charge in [-0.05, 0) is 161 Å². The Morgan fingerprint density at radius 1 is 0.719 bits per heavy atom. The Morgan fingerprint density at radius 2 is 1.56 bits per heavy atom. The summed E-state index contributed by atoms with van der Waals surface area (Å²) < 4.78 is 1.18. The maximum atomic E-state index is 5.90. The predicted molar refractivity (Wildman–Crippen MR) is 270 cm³/mol. The van der Waals surface area contributed by atoms with Gasteiger partial charge in [0.05, 0.1) is 15.9 Å². The van der Waals surface area contributed by atoms with Crippen LogP contribution in [0.15, 0.2) is 137 Å². The summed E-state index contributed by atoms with van der Waals surface area (Å²) in [6.07, 6.45) is 18.1. The Morgan fingerprint density at radius 3 is 2.45 bits per heavy atom. The molecule has 5 unspecified atom stereocenters. The molecule has 0 N–H and O–H groups in total. The molecule has 0 saturated heterocycles. The fraction of sp³-hybridized carbons (Fsp3) is 0.267. The second kappa shape index (κ2) is 14.4. The molecule has 1 spiro atoms. The highest BCUT2D eigenvalue weighted by Crippen LogP contribution is 2.69. The molecule has 2 bridgehead atoms. The summed E-state index contributed by atoms with van der Waals surface area (Å²) in [5.74, 6) is 3.57. The minimum Gasteiger partial charge on any atom is -0.227 e. The van der Waals surface area contributed by atoms with Crippen molar-refractivity contribution in [3.63, 3.8) is 0 Å². The zero-order valence-corrected chi connectivity index (χ0v) is 38.8. The van der Waals surface area contributed by atoms with Gasteiger partial charge in [0.1, 0.15) is 0 Å². The van der Waals surface area contributed by atoms with Crippen LogP contribution in [0.25, 0.3) is 83.4 Å². The summed E-state index contributed by atoms with van der Waals surface area (Å²) in [5, 5.41) is 0. The fourth-order valence-corrected chi connectivity index (χ4v) is 17.2. The number of allylic oxidation sites excluding steroid dienone is 1. The molecule has 0 radical (unpaired) electrons. The lowest BCUT2D eigenvalue weighted by molar-refractivity contribution is 0.0368. The minimum atomic E-state index is -1.18. The normalized spacial score (nSPS) is 23.5. The van der Waals surface area contributed by atoms with Gasteiger partial charge >= 0.3 is 0 Å². The van der Waals surface area contributed by atoms with E-state index in [1.54, 1.807) is 0 Å². The van der Waals surface area contributed by atoms with Gasteiger partial charge in [-0.15, -0.1) is 11.3 Å². The molecule has 1 aliphatic heterocycles. The Labute approximate surface area is 383 Å². The predicted octanol–water partition coefficient (Wildman–Crippen LogP) is 16.1. The van der Waals surface area contributed by atoms with Crippen LogP contribution in [0.2, 0.25) is 0 Å². The smallest absolute Gasteiger partial charge is 0.161 e. The van der Waals surface area contributed by atoms with Crippen LogP contribution in [0.3, 0.4) is 0 Å². The lowest BCUT2D eigenvalue weighted by Gasteiger charge is -2.54. The van der Waals surface area contributed by atoms with Gasteiger partial charge in [-0.1, -0.05) is 129 Å². The maximum absolute atomic E-state index is 5.90. The highest BCUT2D eigenvalue weighted by atomic mass is 32.3. The zero-order chi connectivity index (χ0) is 42.9. The first-order chi connectivity index (χ1) is 31.3. The lowest BCUT2D eigenvalue weighted by atomic mass is 9.49. The fourth-order valence-electron chi connectivity index (χ4n) is 13.5. The van der Waals surface area contributed by atoms with Crippen molar-refractivity contribution < 1.29 is 0 Å². The largest absolute Gasteiger partial charge is 0.227 e. The number of nitrogens with zero attached hydrogens (tertiary/aromatic N) is 2. The van der Waals surface area contributed by atoms with E-state index in [9.17, 15) is 0 Å². The highest BCUT2D eigenvalue weighted by Gasteiger charge is 2.57. The van der Waals surface area contributed by atoms with Crippen molar-refractivity contribution >= 4 is 37.7 Å². The van der Waals surface area contributed by atoms with Crippen molar-refractivity contribution in [2.75, 3.05) is 12.5 Å². The lowest BCUT2D eigenvalue weighted by Crippen LogP contribution is -2.49. The first kappa shape index (κ1) is 38.7. The number of hydrogen-bond acceptors (Lipinski definition) is 3. The van der Waals surface area contributed by atoms with Crippen LogP contribution < -0.4 is 0 Å². The zero-order valence-electron chi connectivity index (χ0n) is 37.2. The van der Waals surface area contributed by atoms with Gasteiger partial charge in [-0.3, -0.25) is 0 Å². The van der Waals surface area contributed by atoms with E-state index in [2.05, 4.69) is 166 Å². The molecule has 2 nitrogen and oxygen atoms in total. The monoisotopic (exact) mass is 864 g/mol. The summed E-state index contributed by atoms with van der Waals surface area (Å²) in [5.41, 5.74) is 18.9. The summed E-state index contributed by atoms with van der Waals surface area (Å²) in [4.78, 5) is 15.9. The molecule has 2 fully saturated rings. The van der Waals surface area contributed by atoms with Crippen molar-refractivity contribution in [3.8, 4) is 67.2 Å². The minimum absolute atomic E-state index is 0.0537. The molecule has 4 heteroatoms. The van der Waals surface area contributed by atoms with E-state index < -0.39 is 10.0 Å². The quantitative estimate of drug-likeness (QED) is 0.172. The number of thiophene rings is 1. The topological polar surface area (TPSA) is 25.8 Å². The molecule has 13 rings (SSSR count). The number of aryl methyl sites for hydroxylation is 1. The van der Waals surface area contributed by atoms with Gasteiger partial charge in [0.15, 0.2) is 5.82 Å². The van der Waals surface area contributed by atoms with E-state index in [0.717, 1.165) is 47.3 Å². The van der Waals surface area contributed by atoms with Gasteiger partial charge < -0.3 is 0 Å². The number of aromatic nitrogens is 2. The standard InChI is InChI=1S/C60H52N2S2/c1-5-37-31-38-30-36(2)60(43(32-37)33-38)49-23-12-9-21-46(49)54-50(60)28-27-44(41-26-29-53-48(35-41)45-20-11-14-25-52(45)64(53,3)4)55(54)59-61-56(58-57(62-59)47-22-10-13-24-51(47)63-58)42-19-15-18-40(34-42)39-16-7-6-8-17-39/h6-9,12-19,21,23-29,34-38,43H,5,10,22,30-33H2,1-4H3. The van der Waals surface area contributed by atoms with Gasteiger partial charge in [0, 0.05) is 42.3 Å². The molecule has 0 amide bonds. The van der Waals surface area contributed by atoms with E-state index in [-0.39, 0.29) is 5.41 Å². The molecule has 2 saturated carbocycles. The molecule has 5 aliphatic rings. The van der Waals surface area contributed by atoms with Crippen molar-refractivity contribution in [2.45, 2.75) is 74.0 Å². The van der Waals surface area contributed by atoms with Gasteiger partial charge in [0.25, 0.3) is 0 Å². The third kappa shape index (κ3) is 5.47. The third-order valence-corrected chi connectivity index (χ3v) is 20.3. The second-order valence-electron chi connectivity index (χ2n) is 19.8. The van der Waals surface area contributed by atoms with Crippen LogP contribution >= 0.6 is 21.4 Å². The van der Waals surface area contributed by atoms with Crippen molar-refractivity contribution in [3.05, 3.63) is 161 Å². The molecule has 64 heavy (non-hydrogen) atoms. The molecule has 5 atom stereocenters.